The summed E-state index contributed by atoms with van der Waals surface area (Å²) < 4.78 is 9.25. The van der Waals surface area contributed by atoms with Crippen LogP contribution in [0.15, 0.2) is 47.7 Å². The average Bonchev–Trinajstić information content (AvgIpc) is 3.48. The largest absolute Gasteiger partial charge is 0.491 e. The van der Waals surface area contributed by atoms with Gasteiger partial charge in [0.1, 0.15) is 18.2 Å². The fraction of sp³-hybridized carbons (Fsp3) is 0.442. The number of amides is 2. The number of pyridine rings is 2. The van der Waals surface area contributed by atoms with Gasteiger partial charge in [-0.3, -0.25) is 19.0 Å². The average molecular weight is 912 g/mol. The molecule has 0 spiro atoms. The normalized spacial score (nSPS) is 12.1. The number of nitrogens with zero attached hydrogens (tertiary/aromatic N) is 7. The number of rotatable bonds is 15. The van der Waals surface area contributed by atoms with Gasteiger partial charge >= 0.3 is 0 Å². The fourth-order valence-electron chi connectivity index (χ4n) is 7.04. The van der Waals surface area contributed by atoms with Crippen LogP contribution in [0.5, 0.6) is 5.75 Å². The number of halogens is 3. The molecule has 14 nitrogen and oxygen atoms in total. The Morgan fingerprint density at radius 1 is 0.869 bits per heavy atom. The van der Waals surface area contributed by atoms with E-state index in [0.717, 1.165) is 6.04 Å². The van der Waals surface area contributed by atoms with Crippen LogP contribution in [0.4, 0.5) is 29.0 Å². The maximum absolute atomic E-state index is 14.6. The third-order valence-corrected chi connectivity index (χ3v) is 12.2. The van der Waals surface area contributed by atoms with Crippen molar-refractivity contribution in [3.8, 4) is 16.9 Å². The molecule has 0 fully saturated rings. The van der Waals surface area contributed by atoms with Crippen LogP contribution in [0.2, 0.25) is 40.8 Å². The molecule has 0 saturated carbocycles. The standard InChI is InChI=1S/C43H57Cl3N10O4Si/c1-42(2,3)24-43(4,5)52-39(58)26-16-25(17-28(44)37(26)60-14-15-61(11,12)13)27-22-56(23-35(57)49-31-18-33(53(6)7)47-20-29(31)45)38-36(27)40(59)55(10)41(51-38)50-32-19-34(54(8)9)48-21-30(32)46/h16-22H,14-15,23-24H2,1-13H3,(H,52,58)(H,47,49,57)(H,48,50,51). The first-order valence-electron chi connectivity index (χ1n) is 19.9. The summed E-state index contributed by atoms with van der Waals surface area (Å²) in [6, 6.07) is 7.61. The van der Waals surface area contributed by atoms with Crippen LogP contribution in [0, 0.1) is 5.41 Å². The molecular formula is C43H57Cl3N10O4Si. The number of fused-ring (bicyclic) bond motifs is 1. The SMILES string of the molecule is CN(C)c1cc(NC(=O)Cn2cc(-c3cc(Cl)c(OCC[Si](C)(C)C)c(C(=O)NC(C)(C)CC(C)(C)C)c3)c3c(=O)n(C)c(Nc4cc(N(C)C)ncc4Cl)nc32)c(Cl)cn1. The van der Waals surface area contributed by atoms with Crippen LogP contribution in [0.3, 0.4) is 0 Å². The lowest BCUT2D eigenvalue weighted by Gasteiger charge is -2.33. The zero-order valence-electron chi connectivity index (χ0n) is 37.3. The van der Waals surface area contributed by atoms with Crippen LogP contribution in [-0.4, -0.2) is 84.3 Å². The number of ether oxygens (including phenoxy) is 1. The number of anilines is 5. The van der Waals surface area contributed by atoms with Crippen molar-refractivity contribution in [3.63, 3.8) is 0 Å². The van der Waals surface area contributed by atoms with Gasteiger partial charge in [-0.15, -0.1) is 0 Å². The topological polar surface area (TPSA) is 152 Å². The van der Waals surface area contributed by atoms with E-state index in [1.807, 2.05) is 46.9 Å². The first kappa shape index (κ1) is 47.2. The molecular weight excluding hydrogens is 855 g/mol. The fourth-order valence-corrected chi connectivity index (χ4v) is 8.33. The molecule has 0 aliphatic rings. The van der Waals surface area contributed by atoms with Gasteiger partial charge in [0.25, 0.3) is 11.5 Å². The zero-order chi connectivity index (χ0) is 45.4. The van der Waals surface area contributed by atoms with Gasteiger partial charge in [0.2, 0.25) is 11.9 Å². The Labute approximate surface area is 374 Å². The lowest BCUT2D eigenvalue weighted by Crippen LogP contribution is -2.46. The molecule has 3 N–H and O–H groups in total. The highest BCUT2D eigenvalue weighted by atomic mass is 35.5. The van der Waals surface area contributed by atoms with Gasteiger partial charge in [0.05, 0.1) is 56.4 Å². The van der Waals surface area contributed by atoms with Crippen LogP contribution >= 0.6 is 34.8 Å². The van der Waals surface area contributed by atoms with Crippen molar-refractivity contribution in [3.05, 3.63) is 73.8 Å². The molecule has 5 aromatic rings. The van der Waals surface area contributed by atoms with Crippen molar-refractivity contribution in [1.29, 1.82) is 0 Å². The molecule has 4 heterocycles. The predicted molar refractivity (Wildman–Crippen MR) is 254 cm³/mol. The summed E-state index contributed by atoms with van der Waals surface area (Å²) in [5, 5.41) is 10.2. The van der Waals surface area contributed by atoms with E-state index in [2.05, 4.69) is 66.3 Å². The maximum Gasteiger partial charge on any atom is 0.264 e. The van der Waals surface area contributed by atoms with E-state index in [-0.39, 0.29) is 56.2 Å². The molecule has 0 atom stereocenters. The van der Waals surface area contributed by atoms with Crippen LogP contribution in [0.1, 0.15) is 51.4 Å². The molecule has 5 rings (SSSR count). The molecule has 4 aromatic heterocycles. The van der Waals surface area contributed by atoms with Crippen LogP contribution < -0.4 is 36.0 Å². The quantitative estimate of drug-likeness (QED) is 0.0867. The number of carbonyl (C=O) groups excluding carboxylic acids is 2. The lowest BCUT2D eigenvalue weighted by molar-refractivity contribution is -0.116. The van der Waals surface area contributed by atoms with Gasteiger partial charge in [-0.1, -0.05) is 75.2 Å². The van der Waals surface area contributed by atoms with E-state index in [4.69, 9.17) is 44.5 Å². The second-order valence-corrected chi connectivity index (χ2v) is 25.6. The van der Waals surface area contributed by atoms with Gasteiger partial charge < -0.3 is 35.1 Å². The van der Waals surface area contributed by atoms with E-state index in [0.29, 0.717) is 52.2 Å². The van der Waals surface area contributed by atoms with E-state index in [1.54, 1.807) is 47.0 Å². The summed E-state index contributed by atoms with van der Waals surface area (Å²) in [5.41, 5.74) is 0.980. The minimum atomic E-state index is -1.51. The van der Waals surface area contributed by atoms with E-state index >= 15 is 0 Å². The first-order valence-corrected chi connectivity index (χ1v) is 24.7. The number of hydrogen-bond donors (Lipinski definition) is 3. The molecule has 2 amide bonds. The summed E-state index contributed by atoms with van der Waals surface area (Å²) in [6.45, 7) is 17.2. The van der Waals surface area contributed by atoms with Gasteiger partial charge in [-0.05, 0) is 49.4 Å². The van der Waals surface area contributed by atoms with Gasteiger partial charge in [0.15, 0.2) is 11.4 Å². The summed E-state index contributed by atoms with van der Waals surface area (Å²) in [7, 11) is 7.42. The second-order valence-electron chi connectivity index (χ2n) is 18.7. The first-order chi connectivity index (χ1) is 28.2. The van der Waals surface area contributed by atoms with E-state index in [1.165, 1.54) is 17.0 Å². The van der Waals surface area contributed by atoms with Gasteiger partial charge in [-0.25, -0.2) is 9.97 Å². The summed E-state index contributed by atoms with van der Waals surface area (Å²) >= 11 is 20.1. The maximum atomic E-state index is 14.6. The Hall–Kier alpha value is -4.83. The summed E-state index contributed by atoms with van der Waals surface area (Å²) in [5.74, 6) is 0.799. The molecule has 18 heteroatoms. The molecule has 328 valence electrons. The number of hydrogen-bond acceptors (Lipinski definition) is 10. The van der Waals surface area contributed by atoms with Gasteiger partial charge in [0, 0.05) is 72.7 Å². The molecule has 0 unspecified atom stereocenters. The Kier molecular flexibility index (Phi) is 14.1. The van der Waals surface area contributed by atoms with Crippen molar-refractivity contribution in [2.45, 2.75) is 78.8 Å². The Balaban J connectivity index is 1.70. The molecule has 0 aliphatic carbocycles. The van der Waals surface area contributed by atoms with E-state index in [9.17, 15) is 14.4 Å². The highest BCUT2D eigenvalue weighted by molar-refractivity contribution is 6.76. The highest BCUT2D eigenvalue weighted by Gasteiger charge is 2.30. The third kappa shape index (κ3) is 11.8. The molecule has 0 aliphatic heterocycles. The second kappa shape index (κ2) is 18.3. The van der Waals surface area contributed by atoms with Crippen molar-refractivity contribution < 1.29 is 14.3 Å². The third-order valence-electron chi connectivity index (χ3n) is 9.65. The van der Waals surface area contributed by atoms with Crippen LogP contribution in [0.25, 0.3) is 22.2 Å². The highest BCUT2D eigenvalue weighted by Crippen LogP contribution is 2.39. The summed E-state index contributed by atoms with van der Waals surface area (Å²) in [4.78, 5) is 60.0. The van der Waals surface area contributed by atoms with Crippen LogP contribution in [-0.2, 0) is 18.4 Å². The number of carbonyl (C=O) groups is 2. The summed E-state index contributed by atoms with van der Waals surface area (Å²) in [6.07, 6.45) is 5.33. The monoisotopic (exact) mass is 910 g/mol. The molecule has 0 bridgehead atoms. The van der Waals surface area contributed by atoms with Crippen molar-refractivity contribution in [1.82, 2.24) is 29.4 Å². The molecule has 61 heavy (non-hydrogen) atoms. The zero-order valence-corrected chi connectivity index (χ0v) is 40.5. The van der Waals surface area contributed by atoms with Crippen molar-refractivity contribution >= 4 is 94.7 Å². The molecule has 0 saturated heterocycles. The lowest BCUT2D eigenvalue weighted by atomic mass is 9.81. The Morgan fingerprint density at radius 2 is 1.46 bits per heavy atom. The number of benzene rings is 1. The minimum Gasteiger partial charge on any atom is -0.491 e. The predicted octanol–water partition coefficient (Wildman–Crippen LogP) is 9.33. The molecule has 1 aromatic carbocycles. The number of nitrogens with one attached hydrogen (secondary N) is 3. The molecule has 0 radical (unpaired) electrons. The van der Waals surface area contributed by atoms with Gasteiger partial charge in [-0.2, -0.15) is 4.98 Å². The van der Waals surface area contributed by atoms with E-state index < -0.39 is 25.1 Å². The Bertz CT molecular complexity index is 2520. The smallest absolute Gasteiger partial charge is 0.264 e. The minimum absolute atomic E-state index is 0.0728. The van der Waals surface area contributed by atoms with Crippen molar-refractivity contribution in [2.24, 2.45) is 12.5 Å². The van der Waals surface area contributed by atoms with Crippen molar-refractivity contribution in [2.75, 3.05) is 55.2 Å². The number of aromatic nitrogens is 5. The Morgan fingerprint density at radius 3 is 2.03 bits per heavy atom.